The molecule has 3 heteroatoms. The van der Waals surface area contributed by atoms with Gasteiger partial charge in [-0.2, -0.15) is 0 Å². The Bertz CT molecular complexity index is 438. The van der Waals surface area contributed by atoms with Crippen LogP contribution in [0.4, 0.5) is 5.69 Å². The molecule has 1 unspecified atom stereocenters. The van der Waals surface area contributed by atoms with Gasteiger partial charge in [-0.25, -0.2) is 0 Å². The van der Waals surface area contributed by atoms with Crippen LogP contribution in [0.3, 0.4) is 0 Å². The van der Waals surface area contributed by atoms with Gasteiger partial charge in [0.1, 0.15) is 0 Å². The summed E-state index contributed by atoms with van der Waals surface area (Å²) < 4.78 is 0. The van der Waals surface area contributed by atoms with Crippen LogP contribution in [0.1, 0.15) is 12.5 Å². The predicted molar refractivity (Wildman–Crippen MR) is 74.8 cm³/mol. The maximum absolute atomic E-state index is 12.3. The molecule has 0 spiro atoms. The number of hydrogen-bond acceptors (Lipinski definition) is 2. The van der Waals surface area contributed by atoms with E-state index < -0.39 is 0 Å². The van der Waals surface area contributed by atoms with E-state index in [0.717, 1.165) is 25.3 Å². The summed E-state index contributed by atoms with van der Waals surface area (Å²) in [4.78, 5) is 16.4. The van der Waals surface area contributed by atoms with Crippen LogP contribution in [0, 0.1) is 6.92 Å². The average Bonchev–Trinajstić information content (AvgIpc) is 2.37. The molecule has 0 saturated carbocycles. The van der Waals surface area contributed by atoms with E-state index in [1.165, 1.54) is 5.56 Å². The molecule has 0 aromatic heterocycles. The zero-order valence-electron chi connectivity index (χ0n) is 11.1. The summed E-state index contributed by atoms with van der Waals surface area (Å²) in [5, 5.41) is 0. The predicted octanol–water partition coefficient (Wildman–Crippen LogP) is 2.22. The summed E-state index contributed by atoms with van der Waals surface area (Å²) >= 11 is 0. The summed E-state index contributed by atoms with van der Waals surface area (Å²) in [7, 11) is 0. The number of anilines is 1. The number of carbonyl (C=O) groups excluding carboxylic acids is 1. The first-order valence-corrected chi connectivity index (χ1v) is 6.36. The van der Waals surface area contributed by atoms with Crippen molar-refractivity contribution in [3.05, 3.63) is 42.5 Å². The fourth-order valence-corrected chi connectivity index (χ4v) is 2.31. The molecule has 0 aliphatic carbocycles. The summed E-state index contributed by atoms with van der Waals surface area (Å²) in [6, 6.07) is 8.05. The van der Waals surface area contributed by atoms with Gasteiger partial charge in [0.15, 0.2) is 0 Å². The molecule has 1 heterocycles. The van der Waals surface area contributed by atoms with Crippen LogP contribution in [-0.2, 0) is 4.79 Å². The number of hydrogen-bond donors (Lipinski definition) is 0. The first-order chi connectivity index (χ1) is 8.63. The molecule has 2 rings (SSSR count). The Morgan fingerprint density at radius 3 is 2.61 bits per heavy atom. The Morgan fingerprint density at radius 1 is 1.33 bits per heavy atom. The van der Waals surface area contributed by atoms with Gasteiger partial charge < -0.3 is 4.90 Å². The van der Waals surface area contributed by atoms with Crippen molar-refractivity contribution in [2.24, 2.45) is 0 Å². The van der Waals surface area contributed by atoms with Crippen molar-refractivity contribution in [3.8, 4) is 0 Å². The van der Waals surface area contributed by atoms with E-state index in [0.29, 0.717) is 0 Å². The van der Waals surface area contributed by atoms with E-state index in [2.05, 4.69) is 18.4 Å². The van der Waals surface area contributed by atoms with Crippen molar-refractivity contribution >= 4 is 11.6 Å². The molecule has 1 aliphatic rings. The zero-order valence-corrected chi connectivity index (χ0v) is 11.1. The Labute approximate surface area is 109 Å². The molecule has 0 bridgehead atoms. The maximum atomic E-state index is 12.3. The molecule has 1 aliphatic heterocycles. The molecule has 1 aromatic rings. The molecule has 3 nitrogen and oxygen atoms in total. The maximum Gasteiger partial charge on any atom is 0.244 e. The van der Waals surface area contributed by atoms with E-state index in [9.17, 15) is 4.79 Å². The summed E-state index contributed by atoms with van der Waals surface area (Å²) in [6.07, 6.45) is 1.85. The van der Waals surface area contributed by atoms with E-state index in [1.54, 1.807) is 0 Å². The zero-order chi connectivity index (χ0) is 13.1. The van der Waals surface area contributed by atoms with Gasteiger partial charge in [0, 0.05) is 25.3 Å². The number of carbonyl (C=O) groups is 1. The fourth-order valence-electron chi connectivity index (χ4n) is 2.31. The quantitative estimate of drug-likeness (QED) is 0.761. The van der Waals surface area contributed by atoms with Crippen LogP contribution in [0.5, 0.6) is 0 Å². The van der Waals surface area contributed by atoms with Gasteiger partial charge >= 0.3 is 0 Å². The summed E-state index contributed by atoms with van der Waals surface area (Å²) in [5.74, 6) is 0.173. The van der Waals surface area contributed by atoms with E-state index in [1.807, 2.05) is 42.2 Å². The minimum Gasteiger partial charge on any atom is -0.310 e. The summed E-state index contributed by atoms with van der Waals surface area (Å²) in [5.41, 5.74) is 2.21. The van der Waals surface area contributed by atoms with Gasteiger partial charge in [0.25, 0.3) is 0 Å². The van der Waals surface area contributed by atoms with Crippen molar-refractivity contribution < 1.29 is 4.79 Å². The minimum atomic E-state index is -0.0712. The first kappa shape index (κ1) is 12.8. The highest BCUT2D eigenvalue weighted by Gasteiger charge is 2.31. The number of rotatable bonds is 3. The molecule has 96 valence electrons. The highest BCUT2D eigenvalue weighted by molar-refractivity contribution is 5.97. The van der Waals surface area contributed by atoms with E-state index in [-0.39, 0.29) is 11.9 Å². The molecule has 1 aromatic carbocycles. The second-order valence-electron chi connectivity index (χ2n) is 4.79. The van der Waals surface area contributed by atoms with Crippen LogP contribution in [-0.4, -0.2) is 36.5 Å². The average molecular weight is 244 g/mol. The molecular formula is C15H20N2O. The molecule has 1 fully saturated rings. The van der Waals surface area contributed by atoms with Gasteiger partial charge in [-0.3, -0.25) is 9.69 Å². The van der Waals surface area contributed by atoms with Gasteiger partial charge in [-0.15, -0.1) is 6.58 Å². The van der Waals surface area contributed by atoms with Crippen LogP contribution >= 0.6 is 0 Å². The summed E-state index contributed by atoms with van der Waals surface area (Å²) in [6.45, 7) is 10.2. The number of aryl methyl sites for hydroxylation is 1. The Kier molecular flexibility index (Phi) is 3.82. The molecule has 1 amide bonds. The van der Waals surface area contributed by atoms with Crippen LogP contribution < -0.4 is 4.90 Å². The van der Waals surface area contributed by atoms with Crippen molar-refractivity contribution in [1.29, 1.82) is 0 Å². The third-order valence-electron chi connectivity index (χ3n) is 3.49. The monoisotopic (exact) mass is 244 g/mol. The third-order valence-corrected chi connectivity index (χ3v) is 3.49. The fraction of sp³-hybridized carbons (Fsp3) is 0.400. The minimum absolute atomic E-state index is 0.0712. The highest BCUT2D eigenvalue weighted by atomic mass is 16.2. The molecule has 0 radical (unpaired) electrons. The van der Waals surface area contributed by atoms with Crippen LogP contribution in [0.25, 0.3) is 0 Å². The van der Waals surface area contributed by atoms with Gasteiger partial charge in [-0.05, 0) is 26.0 Å². The topological polar surface area (TPSA) is 23.6 Å². The molecule has 0 N–H and O–H groups in total. The smallest absolute Gasteiger partial charge is 0.244 e. The van der Waals surface area contributed by atoms with Gasteiger partial charge in [-0.1, -0.05) is 23.8 Å². The van der Waals surface area contributed by atoms with Crippen LogP contribution in [0.2, 0.25) is 0 Å². The SMILES string of the molecule is C=CCN1CCN(c2ccc(C)cc2)C(=O)C1C. The largest absolute Gasteiger partial charge is 0.310 e. The highest BCUT2D eigenvalue weighted by Crippen LogP contribution is 2.20. The van der Waals surface area contributed by atoms with Crippen molar-refractivity contribution in [3.63, 3.8) is 0 Å². The molecule has 18 heavy (non-hydrogen) atoms. The van der Waals surface area contributed by atoms with Crippen LogP contribution in [0.15, 0.2) is 36.9 Å². The first-order valence-electron chi connectivity index (χ1n) is 6.36. The number of nitrogens with zero attached hydrogens (tertiary/aromatic N) is 2. The molecular weight excluding hydrogens is 224 g/mol. The lowest BCUT2D eigenvalue weighted by Crippen LogP contribution is -2.55. The second kappa shape index (κ2) is 5.36. The van der Waals surface area contributed by atoms with E-state index >= 15 is 0 Å². The third kappa shape index (κ3) is 2.46. The standard InChI is InChI=1S/C15H20N2O/c1-4-9-16-10-11-17(15(18)13(16)3)14-7-5-12(2)6-8-14/h4-8,13H,1,9-11H2,2-3H3. The Balaban J connectivity index is 2.15. The molecule has 1 atom stereocenters. The second-order valence-corrected chi connectivity index (χ2v) is 4.79. The van der Waals surface area contributed by atoms with Crippen molar-refractivity contribution in [2.45, 2.75) is 19.9 Å². The van der Waals surface area contributed by atoms with Crippen molar-refractivity contribution in [1.82, 2.24) is 4.90 Å². The van der Waals surface area contributed by atoms with Crippen molar-refractivity contribution in [2.75, 3.05) is 24.5 Å². The number of benzene rings is 1. The Hall–Kier alpha value is -1.61. The van der Waals surface area contributed by atoms with Gasteiger partial charge in [0.05, 0.1) is 6.04 Å². The number of amides is 1. The number of piperazine rings is 1. The lowest BCUT2D eigenvalue weighted by Gasteiger charge is -2.38. The van der Waals surface area contributed by atoms with E-state index in [4.69, 9.17) is 0 Å². The normalized spacial score (nSPS) is 21.1. The Morgan fingerprint density at radius 2 is 2.00 bits per heavy atom. The molecule has 1 saturated heterocycles. The lowest BCUT2D eigenvalue weighted by atomic mass is 10.1. The lowest BCUT2D eigenvalue weighted by molar-refractivity contribution is -0.124. The van der Waals surface area contributed by atoms with Gasteiger partial charge in [0.2, 0.25) is 5.91 Å².